The molecule has 1 N–H and O–H groups in total. The Morgan fingerprint density at radius 3 is 2.71 bits per heavy atom. The molecule has 0 saturated carbocycles. The van der Waals surface area contributed by atoms with Crippen molar-refractivity contribution in [1.82, 2.24) is 10.2 Å². The van der Waals surface area contributed by atoms with Gasteiger partial charge in [0.25, 0.3) is 0 Å². The van der Waals surface area contributed by atoms with Gasteiger partial charge in [-0.3, -0.25) is 4.79 Å². The second-order valence-corrected chi connectivity index (χ2v) is 6.37. The van der Waals surface area contributed by atoms with Crippen molar-refractivity contribution in [3.05, 3.63) is 0 Å². The van der Waals surface area contributed by atoms with Crippen molar-refractivity contribution in [3.8, 4) is 0 Å². The molecule has 0 aromatic rings. The monoisotopic (exact) mass is 299 g/mol. The summed E-state index contributed by atoms with van der Waals surface area (Å²) in [5.41, 5.74) is -0.474. The van der Waals surface area contributed by atoms with Gasteiger partial charge in [-0.1, -0.05) is 0 Å². The van der Waals surface area contributed by atoms with Gasteiger partial charge in [-0.25, -0.2) is 4.99 Å². The van der Waals surface area contributed by atoms with Crippen LogP contribution < -0.4 is 5.32 Å². The van der Waals surface area contributed by atoms with Crippen molar-refractivity contribution in [2.45, 2.75) is 39.7 Å². The van der Waals surface area contributed by atoms with Crippen LogP contribution in [0.25, 0.3) is 0 Å². The number of nitrogens with one attached hydrogen (secondary N) is 1. The highest BCUT2D eigenvalue weighted by molar-refractivity contribution is 5.83. The van der Waals surface area contributed by atoms with E-state index in [0.29, 0.717) is 5.92 Å². The minimum absolute atomic E-state index is 0.0328. The summed E-state index contributed by atoms with van der Waals surface area (Å²) < 4.78 is 10.7. The summed E-state index contributed by atoms with van der Waals surface area (Å²) in [5.74, 6) is 0.950. The molecule has 0 aromatic carbocycles. The Morgan fingerprint density at radius 2 is 2.19 bits per heavy atom. The molecular weight excluding hydrogens is 270 g/mol. The van der Waals surface area contributed by atoms with E-state index in [2.05, 4.69) is 10.3 Å². The highest BCUT2D eigenvalue weighted by Gasteiger charge is 2.20. The third-order valence-electron chi connectivity index (χ3n) is 3.03. The number of rotatable bonds is 5. The Bertz CT molecular complexity index is 358. The van der Waals surface area contributed by atoms with Crippen molar-refractivity contribution in [2.24, 2.45) is 10.9 Å². The third kappa shape index (κ3) is 7.32. The highest BCUT2D eigenvalue weighted by Crippen LogP contribution is 2.13. The second-order valence-electron chi connectivity index (χ2n) is 6.37. The summed E-state index contributed by atoms with van der Waals surface area (Å²) in [6.07, 6.45) is 1.08. The van der Waals surface area contributed by atoms with Crippen LogP contribution in [0.15, 0.2) is 4.99 Å². The summed E-state index contributed by atoms with van der Waals surface area (Å²) in [6.45, 7) is 10.9. The molecule has 1 fully saturated rings. The van der Waals surface area contributed by atoms with E-state index >= 15 is 0 Å². The molecule has 122 valence electrons. The smallest absolute Gasteiger partial charge is 0.328 e. The third-order valence-corrected chi connectivity index (χ3v) is 3.03. The molecule has 1 saturated heterocycles. The number of aliphatic imine (C=N–C) groups is 1. The fourth-order valence-electron chi connectivity index (χ4n) is 2.18. The standard InChI is InChI=1S/C15H29N3O3/c1-6-16-14(17-9-13(19)21-15(2,3)4)18(5)10-12-7-8-20-11-12/h12H,6-11H2,1-5H3,(H,16,17). The minimum atomic E-state index is -0.474. The van der Waals surface area contributed by atoms with Crippen LogP contribution in [0.2, 0.25) is 0 Å². The van der Waals surface area contributed by atoms with Crippen LogP contribution in [0.5, 0.6) is 0 Å². The molecular formula is C15H29N3O3. The molecule has 0 bridgehead atoms. The maximum Gasteiger partial charge on any atom is 0.328 e. The predicted octanol–water partition coefficient (Wildman–Crippen LogP) is 1.26. The van der Waals surface area contributed by atoms with E-state index in [-0.39, 0.29) is 12.5 Å². The first kappa shape index (κ1) is 17.8. The van der Waals surface area contributed by atoms with Crippen LogP contribution >= 0.6 is 0 Å². The molecule has 0 amide bonds. The van der Waals surface area contributed by atoms with E-state index in [0.717, 1.165) is 38.7 Å². The predicted molar refractivity (Wildman–Crippen MR) is 83.4 cm³/mol. The number of nitrogens with zero attached hydrogens (tertiary/aromatic N) is 2. The van der Waals surface area contributed by atoms with E-state index < -0.39 is 5.60 Å². The van der Waals surface area contributed by atoms with E-state index in [1.54, 1.807) is 0 Å². The Kier molecular flexibility index (Phi) is 6.95. The lowest BCUT2D eigenvalue weighted by molar-refractivity contribution is -0.152. The van der Waals surface area contributed by atoms with Gasteiger partial charge in [0.05, 0.1) is 6.61 Å². The van der Waals surface area contributed by atoms with Crippen molar-refractivity contribution in [2.75, 3.05) is 39.9 Å². The summed E-state index contributed by atoms with van der Waals surface area (Å²) in [4.78, 5) is 18.1. The molecule has 0 spiro atoms. The SMILES string of the molecule is CCNC(=NCC(=O)OC(C)(C)C)N(C)CC1CCOC1. The molecule has 1 aliphatic rings. The van der Waals surface area contributed by atoms with Gasteiger partial charge in [0, 0.05) is 32.7 Å². The van der Waals surface area contributed by atoms with E-state index in [4.69, 9.17) is 9.47 Å². The fourth-order valence-corrected chi connectivity index (χ4v) is 2.18. The number of carbonyl (C=O) groups is 1. The van der Waals surface area contributed by atoms with Crippen molar-refractivity contribution < 1.29 is 14.3 Å². The number of esters is 1. The summed E-state index contributed by atoms with van der Waals surface area (Å²) >= 11 is 0. The lowest BCUT2D eigenvalue weighted by atomic mass is 10.1. The summed E-state index contributed by atoms with van der Waals surface area (Å²) in [6, 6.07) is 0. The van der Waals surface area contributed by atoms with Crippen molar-refractivity contribution in [3.63, 3.8) is 0 Å². The first-order chi connectivity index (χ1) is 9.81. The average Bonchev–Trinajstić information content (AvgIpc) is 2.84. The molecule has 21 heavy (non-hydrogen) atoms. The van der Waals surface area contributed by atoms with Crippen molar-refractivity contribution >= 4 is 11.9 Å². The molecule has 6 heteroatoms. The van der Waals surface area contributed by atoms with Crippen LogP contribution in [-0.2, 0) is 14.3 Å². The maximum atomic E-state index is 11.7. The van der Waals surface area contributed by atoms with Gasteiger partial charge in [0.2, 0.25) is 0 Å². The Labute approximate surface area is 127 Å². The lowest BCUT2D eigenvalue weighted by Gasteiger charge is -2.24. The first-order valence-corrected chi connectivity index (χ1v) is 7.61. The first-order valence-electron chi connectivity index (χ1n) is 7.61. The highest BCUT2D eigenvalue weighted by atomic mass is 16.6. The molecule has 0 radical (unpaired) electrons. The molecule has 0 aromatic heterocycles. The zero-order valence-electron chi connectivity index (χ0n) is 13.9. The zero-order chi connectivity index (χ0) is 15.9. The number of guanidine groups is 1. The van der Waals surface area contributed by atoms with Crippen molar-refractivity contribution in [1.29, 1.82) is 0 Å². The Balaban J connectivity index is 2.53. The molecule has 1 atom stereocenters. The second kappa shape index (κ2) is 8.22. The zero-order valence-corrected chi connectivity index (χ0v) is 13.9. The van der Waals surface area contributed by atoms with Gasteiger partial charge >= 0.3 is 5.97 Å². The minimum Gasteiger partial charge on any atom is -0.459 e. The summed E-state index contributed by atoms with van der Waals surface area (Å²) in [7, 11) is 1.98. The summed E-state index contributed by atoms with van der Waals surface area (Å²) in [5, 5.41) is 3.20. The topological polar surface area (TPSA) is 63.2 Å². The van der Waals surface area contributed by atoms with Crippen LogP contribution in [0.3, 0.4) is 0 Å². The maximum absolute atomic E-state index is 11.7. The van der Waals surface area contributed by atoms with Gasteiger partial charge in [0.1, 0.15) is 12.1 Å². The van der Waals surface area contributed by atoms with Crippen LogP contribution in [-0.4, -0.2) is 62.3 Å². The molecule has 1 aliphatic heterocycles. The number of ether oxygens (including phenoxy) is 2. The number of hydrogen-bond donors (Lipinski definition) is 1. The van der Waals surface area contributed by atoms with Gasteiger partial charge < -0.3 is 19.7 Å². The molecule has 1 rings (SSSR count). The average molecular weight is 299 g/mol. The van der Waals surface area contributed by atoms with Gasteiger partial charge in [-0.15, -0.1) is 0 Å². The quantitative estimate of drug-likeness (QED) is 0.470. The normalized spacial score (nSPS) is 19.5. The molecule has 0 aliphatic carbocycles. The molecule has 6 nitrogen and oxygen atoms in total. The Morgan fingerprint density at radius 1 is 1.48 bits per heavy atom. The largest absolute Gasteiger partial charge is 0.459 e. The van der Waals surface area contributed by atoms with Crippen LogP contribution in [0.1, 0.15) is 34.1 Å². The lowest BCUT2D eigenvalue weighted by Crippen LogP contribution is -2.42. The van der Waals surface area contributed by atoms with E-state index in [9.17, 15) is 4.79 Å². The van der Waals surface area contributed by atoms with Gasteiger partial charge in [-0.2, -0.15) is 0 Å². The Hall–Kier alpha value is -1.30. The van der Waals surface area contributed by atoms with Gasteiger partial charge in [-0.05, 0) is 34.1 Å². The van der Waals surface area contributed by atoms with Crippen LogP contribution in [0.4, 0.5) is 0 Å². The van der Waals surface area contributed by atoms with Crippen LogP contribution in [0, 0.1) is 5.92 Å². The number of hydrogen-bond acceptors (Lipinski definition) is 4. The number of carbonyl (C=O) groups excluding carboxylic acids is 1. The van der Waals surface area contributed by atoms with Gasteiger partial charge in [0.15, 0.2) is 5.96 Å². The molecule has 1 heterocycles. The van der Waals surface area contributed by atoms with E-state index in [1.807, 2.05) is 39.6 Å². The molecule has 1 unspecified atom stereocenters. The van der Waals surface area contributed by atoms with E-state index in [1.165, 1.54) is 0 Å². The fraction of sp³-hybridized carbons (Fsp3) is 0.867.